The minimum Gasteiger partial charge on any atom is -0.144 e. The molecule has 0 saturated heterocycles. The molecule has 0 aliphatic heterocycles. The third kappa shape index (κ3) is 5.68. The molecule has 3 aromatic heterocycles. The molecular formula is C22H18S3. The number of benzene rings is 2. The van der Waals surface area contributed by atoms with E-state index in [1.54, 1.807) is 34.0 Å². The van der Waals surface area contributed by atoms with Gasteiger partial charge in [-0.15, -0.1) is 34.0 Å². The van der Waals surface area contributed by atoms with E-state index in [0.29, 0.717) is 0 Å². The smallest absolute Gasteiger partial charge is 0.0442 e. The third-order valence-electron chi connectivity index (χ3n) is 3.31. The van der Waals surface area contributed by atoms with Gasteiger partial charge in [-0.2, -0.15) is 0 Å². The first-order chi connectivity index (χ1) is 12.4. The Hall–Kier alpha value is -2.20. The lowest BCUT2D eigenvalue weighted by atomic mass is 10.3. The van der Waals surface area contributed by atoms with Gasteiger partial charge in [0.25, 0.3) is 0 Å². The lowest BCUT2D eigenvalue weighted by Gasteiger charge is -1.84. The summed E-state index contributed by atoms with van der Waals surface area (Å²) in [5.41, 5.74) is 0. The van der Waals surface area contributed by atoms with Gasteiger partial charge in [-0.25, -0.2) is 0 Å². The molecule has 0 atom stereocenters. The Morgan fingerprint density at radius 3 is 1.44 bits per heavy atom. The van der Waals surface area contributed by atoms with Crippen molar-refractivity contribution in [1.29, 1.82) is 0 Å². The number of hydrogen-bond donors (Lipinski definition) is 0. The summed E-state index contributed by atoms with van der Waals surface area (Å²) in [4.78, 5) is 2.74. The Balaban J connectivity index is 0.000000113. The minimum absolute atomic E-state index is 1.35. The van der Waals surface area contributed by atoms with Crippen LogP contribution in [0.25, 0.3) is 19.8 Å². The molecular weight excluding hydrogens is 360 g/mol. The van der Waals surface area contributed by atoms with E-state index in [1.807, 2.05) is 36.4 Å². The van der Waals surface area contributed by atoms with Crippen molar-refractivity contribution in [2.75, 3.05) is 0 Å². The summed E-state index contributed by atoms with van der Waals surface area (Å²) in [6, 6.07) is 31.0. The molecule has 0 aliphatic rings. The van der Waals surface area contributed by atoms with Crippen molar-refractivity contribution in [2.45, 2.75) is 0 Å². The van der Waals surface area contributed by atoms with Crippen LogP contribution in [0.4, 0.5) is 0 Å². The summed E-state index contributed by atoms with van der Waals surface area (Å²) in [5.74, 6) is 0. The van der Waals surface area contributed by atoms with Crippen LogP contribution in [0.15, 0.2) is 107 Å². The molecule has 124 valence electrons. The first-order valence-corrected chi connectivity index (χ1v) is 10.6. The quantitative estimate of drug-likeness (QED) is 0.277. The summed E-state index contributed by atoms with van der Waals surface area (Å²) in [6.07, 6.45) is 0. The summed E-state index contributed by atoms with van der Waals surface area (Å²) < 4.78 is 1.37. The van der Waals surface area contributed by atoms with Crippen LogP contribution in [0.5, 0.6) is 0 Å². The van der Waals surface area contributed by atoms with Crippen LogP contribution in [0.3, 0.4) is 0 Å². The highest BCUT2D eigenvalue weighted by atomic mass is 32.1. The molecule has 3 heterocycles. The number of thiophene rings is 3. The van der Waals surface area contributed by atoms with Crippen LogP contribution in [0.2, 0.25) is 0 Å². The first-order valence-electron chi connectivity index (χ1n) is 7.93. The van der Waals surface area contributed by atoms with E-state index in [9.17, 15) is 0 Å². The van der Waals surface area contributed by atoms with E-state index < -0.39 is 0 Å². The summed E-state index contributed by atoms with van der Waals surface area (Å²) in [6.45, 7) is 0. The van der Waals surface area contributed by atoms with Crippen molar-refractivity contribution in [2.24, 2.45) is 0 Å². The largest absolute Gasteiger partial charge is 0.144 e. The molecule has 0 N–H and O–H groups in total. The maximum Gasteiger partial charge on any atom is 0.0442 e. The van der Waals surface area contributed by atoms with Crippen molar-refractivity contribution < 1.29 is 0 Å². The van der Waals surface area contributed by atoms with Gasteiger partial charge in [0, 0.05) is 14.5 Å². The average molecular weight is 379 g/mol. The fourth-order valence-electron chi connectivity index (χ4n) is 2.13. The maximum absolute atomic E-state index is 2.15. The van der Waals surface area contributed by atoms with E-state index >= 15 is 0 Å². The Morgan fingerprint density at radius 1 is 0.400 bits per heavy atom. The standard InChI is InChI=1S/C8H6S2.C8H6S.C6H6/c1-3-7(9-5-1)8-4-2-6-10-8;1-2-4-8-7(3-1)5-6-9-8;1-2-4-6-5-3-1/h1-6H;1-6H;1-6H. The summed E-state index contributed by atoms with van der Waals surface area (Å²) in [7, 11) is 0. The number of rotatable bonds is 1. The van der Waals surface area contributed by atoms with Crippen molar-refractivity contribution in [1.82, 2.24) is 0 Å². The number of fused-ring (bicyclic) bond motifs is 1. The molecule has 0 fully saturated rings. The minimum atomic E-state index is 1.35. The molecule has 3 heteroatoms. The van der Waals surface area contributed by atoms with Crippen LogP contribution >= 0.6 is 34.0 Å². The van der Waals surface area contributed by atoms with Crippen LogP contribution in [-0.2, 0) is 0 Å². The van der Waals surface area contributed by atoms with E-state index in [-0.39, 0.29) is 0 Å². The van der Waals surface area contributed by atoms with E-state index in [2.05, 4.69) is 70.7 Å². The topological polar surface area (TPSA) is 0 Å². The average Bonchev–Trinajstić information content (AvgIpc) is 3.46. The molecule has 0 saturated carbocycles. The highest BCUT2D eigenvalue weighted by Crippen LogP contribution is 2.28. The van der Waals surface area contributed by atoms with Gasteiger partial charge in [-0.05, 0) is 45.8 Å². The zero-order valence-electron chi connectivity index (χ0n) is 13.6. The van der Waals surface area contributed by atoms with Gasteiger partial charge in [0.15, 0.2) is 0 Å². The fourth-order valence-corrected chi connectivity index (χ4v) is 4.50. The zero-order valence-corrected chi connectivity index (χ0v) is 16.1. The van der Waals surface area contributed by atoms with Gasteiger partial charge in [-0.3, -0.25) is 0 Å². The molecule has 2 aromatic carbocycles. The fraction of sp³-hybridized carbons (Fsp3) is 0. The van der Waals surface area contributed by atoms with Crippen molar-refractivity contribution >= 4 is 44.1 Å². The lowest BCUT2D eigenvalue weighted by Crippen LogP contribution is -1.56. The van der Waals surface area contributed by atoms with Crippen molar-refractivity contribution in [3.8, 4) is 9.75 Å². The molecule has 0 bridgehead atoms. The second kappa shape index (κ2) is 9.94. The van der Waals surface area contributed by atoms with Gasteiger partial charge in [0.1, 0.15) is 0 Å². The van der Waals surface area contributed by atoms with Gasteiger partial charge in [0.2, 0.25) is 0 Å². The van der Waals surface area contributed by atoms with Crippen LogP contribution in [0.1, 0.15) is 0 Å². The molecule has 0 radical (unpaired) electrons. The van der Waals surface area contributed by atoms with Crippen LogP contribution < -0.4 is 0 Å². The highest BCUT2D eigenvalue weighted by molar-refractivity contribution is 7.20. The van der Waals surface area contributed by atoms with E-state index in [1.165, 1.54) is 19.8 Å². The van der Waals surface area contributed by atoms with Gasteiger partial charge < -0.3 is 0 Å². The Morgan fingerprint density at radius 2 is 0.960 bits per heavy atom. The second-order valence-corrected chi connectivity index (χ2v) is 7.91. The normalized spacial score (nSPS) is 9.60. The Labute approximate surface area is 160 Å². The maximum atomic E-state index is 2.15. The molecule has 25 heavy (non-hydrogen) atoms. The van der Waals surface area contributed by atoms with Crippen LogP contribution in [0, 0.1) is 0 Å². The van der Waals surface area contributed by atoms with Crippen LogP contribution in [-0.4, -0.2) is 0 Å². The van der Waals surface area contributed by atoms with E-state index in [0.717, 1.165) is 0 Å². The highest BCUT2D eigenvalue weighted by Gasteiger charge is 1.96. The molecule has 0 nitrogen and oxygen atoms in total. The Bertz CT molecular complexity index is 844. The number of hydrogen-bond acceptors (Lipinski definition) is 3. The predicted octanol–water partition coefficient (Wildman–Crippen LogP) is 8.06. The molecule has 0 spiro atoms. The van der Waals surface area contributed by atoms with Crippen molar-refractivity contribution in [3.63, 3.8) is 0 Å². The SMILES string of the molecule is c1ccc2sccc2c1.c1ccccc1.c1csc(-c2cccs2)c1. The van der Waals surface area contributed by atoms with Gasteiger partial charge >= 0.3 is 0 Å². The zero-order chi connectivity index (χ0) is 17.2. The van der Waals surface area contributed by atoms with E-state index in [4.69, 9.17) is 0 Å². The summed E-state index contributed by atoms with van der Waals surface area (Å²) >= 11 is 5.37. The lowest BCUT2D eigenvalue weighted by molar-refractivity contribution is 1.72. The monoisotopic (exact) mass is 378 g/mol. The van der Waals surface area contributed by atoms with Gasteiger partial charge in [-0.1, -0.05) is 66.7 Å². The molecule has 5 rings (SSSR count). The molecule has 5 aromatic rings. The predicted molar refractivity (Wildman–Crippen MR) is 116 cm³/mol. The van der Waals surface area contributed by atoms with Crippen molar-refractivity contribution in [3.05, 3.63) is 107 Å². The molecule has 0 amide bonds. The second-order valence-electron chi connectivity index (χ2n) is 5.07. The Kier molecular flexibility index (Phi) is 7.01. The first kappa shape index (κ1) is 17.6. The molecule has 0 aliphatic carbocycles. The third-order valence-corrected chi connectivity index (χ3v) is 6.15. The summed E-state index contributed by atoms with van der Waals surface area (Å²) in [5, 5.41) is 7.68. The molecule has 0 unspecified atom stereocenters. The van der Waals surface area contributed by atoms with Gasteiger partial charge in [0.05, 0.1) is 0 Å².